The van der Waals surface area contributed by atoms with Gasteiger partial charge in [-0.05, 0) is 39.6 Å². The van der Waals surface area contributed by atoms with Crippen LogP contribution in [0, 0.1) is 0 Å². The van der Waals surface area contributed by atoms with Crippen molar-refractivity contribution in [1.29, 1.82) is 0 Å². The molecule has 3 heteroatoms. The second-order valence-electron chi connectivity index (χ2n) is 3.36. The molecule has 1 amide bonds. The second-order valence-corrected chi connectivity index (χ2v) is 3.36. The lowest BCUT2D eigenvalue weighted by Gasteiger charge is -2.08. The number of hydrogen-bond donors (Lipinski definition) is 1. The lowest BCUT2D eigenvalue weighted by molar-refractivity contribution is -0.116. The van der Waals surface area contributed by atoms with Crippen LogP contribution in [-0.4, -0.2) is 38.0 Å². The maximum Gasteiger partial charge on any atom is 0.243 e. The molecule has 0 aromatic heterocycles. The van der Waals surface area contributed by atoms with Crippen LogP contribution in [0.5, 0.6) is 0 Å². The average Bonchev–Trinajstić information content (AvgIpc) is 2.10. The lowest BCUT2D eigenvalue weighted by Crippen LogP contribution is -2.22. The normalized spacial score (nSPS) is 10.1. The molecule has 0 atom stereocenters. The van der Waals surface area contributed by atoms with Gasteiger partial charge >= 0.3 is 0 Å². The lowest BCUT2D eigenvalue weighted by atomic mass is 10.2. The van der Waals surface area contributed by atoms with Crippen molar-refractivity contribution in [2.24, 2.45) is 0 Å². The highest BCUT2D eigenvalue weighted by Crippen LogP contribution is 1.94. The Kier molecular flexibility index (Phi) is 7.30. The molecule has 0 unspecified atom stereocenters. The van der Waals surface area contributed by atoms with Crippen molar-refractivity contribution in [1.82, 2.24) is 10.2 Å². The van der Waals surface area contributed by atoms with E-state index in [-0.39, 0.29) is 5.91 Å². The van der Waals surface area contributed by atoms with Crippen LogP contribution in [0.15, 0.2) is 12.7 Å². The molecule has 0 rings (SSSR count). The summed E-state index contributed by atoms with van der Waals surface area (Å²) in [6.45, 7) is 5.26. The van der Waals surface area contributed by atoms with E-state index >= 15 is 0 Å². The number of rotatable bonds is 7. The van der Waals surface area contributed by atoms with Gasteiger partial charge in [0.25, 0.3) is 0 Å². The number of nitrogens with one attached hydrogen (secondary N) is 1. The molecule has 0 spiro atoms. The van der Waals surface area contributed by atoms with Gasteiger partial charge in [0.15, 0.2) is 0 Å². The zero-order chi connectivity index (χ0) is 10.1. The summed E-state index contributed by atoms with van der Waals surface area (Å²) in [7, 11) is 4.14. The third-order valence-electron chi connectivity index (χ3n) is 1.77. The van der Waals surface area contributed by atoms with Gasteiger partial charge in [-0.3, -0.25) is 4.79 Å². The van der Waals surface area contributed by atoms with E-state index in [0.717, 1.165) is 25.9 Å². The Hall–Kier alpha value is -0.830. The summed E-state index contributed by atoms with van der Waals surface area (Å²) in [5.41, 5.74) is 0. The third-order valence-corrected chi connectivity index (χ3v) is 1.77. The molecule has 1 N–H and O–H groups in total. The predicted octanol–water partition coefficient (Wildman–Crippen LogP) is 1.02. The van der Waals surface area contributed by atoms with Crippen molar-refractivity contribution < 1.29 is 4.79 Å². The Bertz CT molecular complexity index is 155. The number of amides is 1. The minimum absolute atomic E-state index is 0.0763. The van der Waals surface area contributed by atoms with Crippen molar-refractivity contribution in [3.8, 4) is 0 Å². The largest absolute Gasteiger partial charge is 0.353 e. The summed E-state index contributed by atoms with van der Waals surface area (Å²) in [6, 6.07) is 0. The zero-order valence-corrected chi connectivity index (χ0v) is 8.68. The standard InChI is InChI=1S/C10H20N2O/c1-4-10(13)11-8-6-5-7-9-12(2)3/h4H,1,5-9H2,2-3H3,(H,11,13). The van der Waals surface area contributed by atoms with E-state index in [1.54, 1.807) is 0 Å². The molecule has 3 nitrogen and oxygen atoms in total. The van der Waals surface area contributed by atoms with E-state index in [1.807, 2.05) is 0 Å². The Balaban J connectivity index is 3.08. The summed E-state index contributed by atoms with van der Waals surface area (Å²) >= 11 is 0. The first-order valence-electron chi connectivity index (χ1n) is 4.72. The smallest absolute Gasteiger partial charge is 0.243 e. The zero-order valence-electron chi connectivity index (χ0n) is 8.68. The number of nitrogens with zero attached hydrogens (tertiary/aromatic N) is 1. The van der Waals surface area contributed by atoms with Gasteiger partial charge in [-0.1, -0.05) is 13.0 Å². The summed E-state index contributed by atoms with van der Waals surface area (Å²) < 4.78 is 0. The first-order chi connectivity index (χ1) is 6.16. The summed E-state index contributed by atoms with van der Waals surface area (Å²) in [6.07, 6.45) is 4.71. The van der Waals surface area contributed by atoms with Crippen molar-refractivity contribution in [3.05, 3.63) is 12.7 Å². The number of hydrogen-bond acceptors (Lipinski definition) is 2. The molecule has 0 saturated carbocycles. The van der Waals surface area contributed by atoms with Crippen molar-refractivity contribution in [2.75, 3.05) is 27.2 Å². The fourth-order valence-corrected chi connectivity index (χ4v) is 1.01. The van der Waals surface area contributed by atoms with Crippen LogP contribution >= 0.6 is 0 Å². The minimum Gasteiger partial charge on any atom is -0.353 e. The Labute approximate surface area is 80.8 Å². The van der Waals surface area contributed by atoms with Gasteiger partial charge in [-0.15, -0.1) is 0 Å². The maximum atomic E-state index is 10.7. The van der Waals surface area contributed by atoms with Gasteiger partial charge in [-0.25, -0.2) is 0 Å². The maximum absolute atomic E-state index is 10.7. The SMILES string of the molecule is C=CC(=O)NCCCCCN(C)C. The summed E-state index contributed by atoms with van der Waals surface area (Å²) in [5, 5.41) is 2.75. The molecule has 0 aliphatic rings. The van der Waals surface area contributed by atoms with E-state index in [4.69, 9.17) is 0 Å². The quantitative estimate of drug-likeness (QED) is 0.473. The minimum atomic E-state index is -0.0763. The molecule has 0 aromatic carbocycles. The number of unbranched alkanes of at least 4 members (excludes halogenated alkanes) is 2. The number of carbonyl (C=O) groups is 1. The first-order valence-corrected chi connectivity index (χ1v) is 4.72. The third kappa shape index (κ3) is 9.08. The Morgan fingerprint density at radius 2 is 2.08 bits per heavy atom. The summed E-state index contributed by atoms with van der Waals surface area (Å²) in [4.78, 5) is 12.9. The highest BCUT2D eigenvalue weighted by molar-refractivity contribution is 5.86. The van der Waals surface area contributed by atoms with Gasteiger partial charge in [0.1, 0.15) is 0 Å². The number of carbonyl (C=O) groups excluding carboxylic acids is 1. The van der Waals surface area contributed by atoms with E-state index in [2.05, 4.69) is 30.9 Å². The van der Waals surface area contributed by atoms with Crippen LogP contribution in [0.25, 0.3) is 0 Å². The molecule has 0 fully saturated rings. The molecule has 0 aromatic rings. The summed E-state index contributed by atoms with van der Waals surface area (Å²) in [5.74, 6) is -0.0763. The molecule has 76 valence electrons. The van der Waals surface area contributed by atoms with Crippen LogP contribution < -0.4 is 5.32 Å². The second kappa shape index (κ2) is 7.80. The Morgan fingerprint density at radius 1 is 1.38 bits per heavy atom. The molecule has 13 heavy (non-hydrogen) atoms. The molecule has 0 aliphatic carbocycles. The van der Waals surface area contributed by atoms with Crippen LogP contribution in [0.3, 0.4) is 0 Å². The Morgan fingerprint density at radius 3 is 2.62 bits per heavy atom. The average molecular weight is 184 g/mol. The highest BCUT2D eigenvalue weighted by Gasteiger charge is 1.93. The molecule has 0 bridgehead atoms. The van der Waals surface area contributed by atoms with Gasteiger partial charge < -0.3 is 10.2 Å². The van der Waals surface area contributed by atoms with E-state index in [1.165, 1.54) is 12.5 Å². The highest BCUT2D eigenvalue weighted by atomic mass is 16.1. The van der Waals surface area contributed by atoms with E-state index in [0.29, 0.717) is 0 Å². The fraction of sp³-hybridized carbons (Fsp3) is 0.700. The van der Waals surface area contributed by atoms with E-state index < -0.39 is 0 Å². The van der Waals surface area contributed by atoms with E-state index in [9.17, 15) is 4.79 Å². The van der Waals surface area contributed by atoms with Crippen molar-refractivity contribution >= 4 is 5.91 Å². The van der Waals surface area contributed by atoms with Crippen LogP contribution in [-0.2, 0) is 4.79 Å². The van der Waals surface area contributed by atoms with Crippen LogP contribution in [0.1, 0.15) is 19.3 Å². The molecular weight excluding hydrogens is 164 g/mol. The van der Waals surface area contributed by atoms with Crippen LogP contribution in [0.4, 0.5) is 0 Å². The van der Waals surface area contributed by atoms with Crippen molar-refractivity contribution in [3.63, 3.8) is 0 Å². The molecule has 0 heterocycles. The van der Waals surface area contributed by atoms with Gasteiger partial charge in [0.05, 0.1) is 0 Å². The molecule has 0 saturated heterocycles. The van der Waals surface area contributed by atoms with Crippen LogP contribution in [0.2, 0.25) is 0 Å². The van der Waals surface area contributed by atoms with Gasteiger partial charge in [0.2, 0.25) is 5.91 Å². The molecular formula is C10H20N2O. The first kappa shape index (κ1) is 12.2. The molecule has 0 radical (unpaired) electrons. The predicted molar refractivity (Wildman–Crippen MR) is 55.6 cm³/mol. The topological polar surface area (TPSA) is 32.3 Å². The van der Waals surface area contributed by atoms with Crippen molar-refractivity contribution in [2.45, 2.75) is 19.3 Å². The fourth-order valence-electron chi connectivity index (χ4n) is 1.01. The monoisotopic (exact) mass is 184 g/mol. The van der Waals surface area contributed by atoms with Gasteiger partial charge in [-0.2, -0.15) is 0 Å². The van der Waals surface area contributed by atoms with Gasteiger partial charge in [0, 0.05) is 6.54 Å². The molecule has 0 aliphatic heterocycles.